The van der Waals surface area contributed by atoms with Gasteiger partial charge in [-0.1, -0.05) is 36.4 Å². The Bertz CT molecular complexity index is 1330. The first kappa shape index (κ1) is 19.3. The average molecular weight is 404 g/mol. The maximum absolute atomic E-state index is 13.1. The summed E-state index contributed by atoms with van der Waals surface area (Å²) < 4.78 is 13.1. The predicted molar refractivity (Wildman–Crippen MR) is 111 cm³/mol. The van der Waals surface area contributed by atoms with Crippen LogP contribution in [0.4, 0.5) is 4.39 Å². The Morgan fingerprint density at radius 3 is 2.37 bits per heavy atom. The number of halogens is 1. The second kappa shape index (κ2) is 7.79. The molecular formula is C23H17FN2O4. The first-order valence-corrected chi connectivity index (χ1v) is 9.25. The van der Waals surface area contributed by atoms with Crippen LogP contribution in [0.1, 0.15) is 15.9 Å². The summed E-state index contributed by atoms with van der Waals surface area (Å²) in [7, 11) is 0. The second-order valence-electron chi connectivity index (χ2n) is 6.95. The zero-order valence-electron chi connectivity index (χ0n) is 15.7. The van der Waals surface area contributed by atoms with E-state index in [4.69, 9.17) is 0 Å². The molecule has 1 atom stereocenters. The van der Waals surface area contributed by atoms with E-state index >= 15 is 0 Å². The molecule has 0 fully saturated rings. The zero-order valence-corrected chi connectivity index (χ0v) is 15.7. The summed E-state index contributed by atoms with van der Waals surface area (Å²) in [5.41, 5.74) is 1.02. The first-order valence-electron chi connectivity index (χ1n) is 9.25. The number of rotatable bonds is 5. The summed E-state index contributed by atoms with van der Waals surface area (Å²) in [4.78, 5) is 39.3. The lowest BCUT2D eigenvalue weighted by Gasteiger charge is -2.15. The SMILES string of the molecule is O=C(N[C@@H](Cc1ccc(F)cc1)C(=O)O)c1ccc2c(c1)[nH]c(=O)c1ccccc12. The molecule has 6 nitrogen and oxygen atoms in total. The van der Waals surface area contributed by atoms with Gasteiger partial charge in [0.1, 0.15) is 11.9 Å². The molecule has 0 aliphatic carbocycles. The highest BCUT2D eigenvalue weighted by molar-refractivity contribution is 6.07. The third kappa shape index (κ3) is 3.77. The van der Waals surface area contributed by atoms with E-state index in [0.717, 1.165) is 10.8 Å². The van der Waals surface area contributed by atoms with Crippen molar-refractivity contribution >= 4 is 33.6 Å². The van der Waals surface area contributed by atoms with E-state index < -0.39 is 23.7 Å². The minimum absolute atomic E-state index is 0.0103. The number of carboxylic acids is 1. The number of amides is 1. The molecule has 0 aliphatic rings. The molecule has 0 aliphatic heterocycles. The van der Waals surface area contributed by atoms with E-state index in [2.05, 4.69) is 10.3 Å². The fraction of sp³-hybridized carbons (Fsp3) is 0.0870. The Balaban J connectivity index is 1.63. The summed E-state index contributed by atoms with van der Waals surface area (Å²) in [6.45, 7) is 0. The maximum Gasteiger partial charge on any atom is 0.326 e. The number of carbonyl (C=O) groups is 2. The molecule has 1 aromatic heterocycles. The van der Waals surface area contributed by atoms with Crippen LogP contribution in [0.5, 0.6) is 0 Å². The summed E-state index contributed by atoms with van der Waals surface area (Å²) in [6.07, 6.45) is 0.0103. The van der Waals surface area contributed by atoms with Crippen molar-refractivity contribution in [2.75, 3.05) is 0 Å². The largest absolute Gasteiger partial charge is 0.480 e. The standard InChI is InChI=1S/C23H17FN2O4/c24-15-8-5-13(6-9-15)11-20(23(29)30)26-21(27)14-7-10-17-16-3-1-2-4-18(16)22(28)25-19(17)12-14/h1-10,12,20H,11H2,(H,25,28)(H,26,27)(H,29,30)/t20-/m0/s1. The van der Waals surface area contributed by atoms with Crippen molar-refractivity contribution in [3.05, 3.63) is 94.0 Å². The highest BCUT2D eigenvalue weighted by atomic mass is 19.1. The van der Waals surface area contributed by atoms with Crippen LogP contribution in [-0.2, 0) is 11.2 Å². The van der Waals surface area contributed by atoms with Crippen molar-refractivity contribution < 1.29 is 19.1 Å². The Morgan fingerprint density at radius 1 is 0.967 bits per heavy atom. The Morgan fingerprint density at radius 2 is 1.67 bits per heavy atom. The molecule has 1 amide bonds. The summed E-state index contributed by atoms with van der Waals surface area (Å²) in [5.74, 6) is -2.21. The van der Waals surface area contributed by atoms with Gasteiger partial charge in [-0.05, 0) is 41.3 Å². The number of fused-ring (bicyclic) bond motifs is 3. The average Bonchev–Trinajstić information content (AvgIpc) is 2.74. The van der Waals surface area contributed by atoms with Gasteiger partial charge in [0.2, 0.25) is 0 Å². The number of carbonyl (C=O) groups excluding carboxylic acids is 1. The van der Waals surface area contributed by atoms with Crippen molar-refractivity contribution in [3.63, 3.8) is 0 Å². The van der Waals surface area contributed by atoms with Crippen molar-refractivity contribution in [1.29, 1.82) is 0 Å². The molecule has 30 heavy (non-hydrogen) atoms. The van der Waals surface area contributed by atoms with E-state index in [1.165, 1.54) is 30.3 Å². The topological polar surface area (TPSA) is 99.3 Å². The summed E-state index contributed by atoms with van der Waals surface area (Å²) in [5, 5.41) is 14.1. The third-order valence-corrected chi connectivity index (χ3v) is 4.95. The van der Waals surface area contributed by atoms with Crippen molar-refractivity contribution in [2.45, 2.75) is 12.5 Å². The highest BCUT2D eigenvalue weighted by Gasteiger charge is 2.21. The molecule has 0 saturated carbocycles. The van der Waals surface area contributed by atoms with Gasteiger partial charge in [-0.25, -0.2) is 9.18 Å². The quantitative estimate of drug-likeness (QED) is 0.445. The number of carboxylic acid groups (broad SMARTS) is 1. The number of aromatic nitrogens is 1. The van der Waals surface area contributed by atoms with Crippen LogP contribution < -0.4 is 10.9 Å². The molecule has 0 radical (unpaired) electrons. The van der Waals surface area contributed by atoms with Crippen molar-refractivity contribution in [2.24, 2.45) is 0 Å². The first-order chi connectivity index (χ1) is 14.4. The second-order valence-corrected chi connectivity index (χ2v) is 6.95. The van der Waals surface area contributed by atoms with E-state index in [1.54, 1.807) is 24.3 Å². The lowest BCUT2D eigenvalue weighted by molar-refractivity contribution is -0.139. The number of hydrogen-bond donors (Lipinski definition) is 3. The molecule has 4 rings (SSSR count). The Kier molecular flexibility index (Phi) is 5.02. The van der Waals surface area contributed by atoms with Gasteiger partial charge in [-0.2, -0.15) is 0 Å². The van der Waals surface area contributed by atoms with Crippen LogP contribution in [0, 0.1) is 5.82 Å². The third-order valence-electron chi connectivity index (χ3n) is 4.95. The molecule has 3 aromatic carbocycles. The van der Waals surface area contributed by atoms with E-state index in [9.17, 15) is 23.9 Å². The van der Waals surface area contributed by atoms with Crippen LogP contribution in [0.15, 0.2) is 71.5 Å². The van der Waals surface area contributed by atoms with Gasteiger partial charge in [-0.3, -0.25) is 9.59 Å². The van der Waals surface area contributed by atoms with Crippen LogP contribution in [0.3, 0.4) is 0 Å². The molecule has 0 bridgehead atoms. The highest BCUT2D eigenvalue weighted by Crippen LogP contribution is 2.22. The van der Waals surface area contributed by atoms with Gasteiger partial charge in [0.25, 0.3) is 11.5 Å². The minimum atomic E-state index is -1.20. The minimum Gasteiger partial charge on any atom is -0.480 e. The van der Waals surface area contributed by atoms with Gasteiger partial charge in [0.05, 0.1) is 0 Å². The number of pyridine rings is 1. The molecule has 4 aromatic rings. The number of H-pyrrole nitrogens is 1. The van der Waals surface area contributed by atoms with Crippen LogP contribution in [-0.4, -0.2) is 28.0 Å². The fourth-order valence-electron chi connectivity index (χ4n) is 3.43. The van der Waals surface area contributed by atoms with Crippen LogP contribution >= 0.6 is 0 Å². The monoisotopic (exact) mass is 404 g/mol. The number of nitrogens with one attached hydrogen (secondary N) is 2. The van der Waals surface area contributed by atoms with E-state index in [1.807, 2.05) is 12.1 Å². The van der Waals surface area contributed by atoms with Gasteiger partial charge in [0.15, 0.2) is 0 Å². The smallest absolute Gasteiger partial charge is 0.326 e. The van der Waals surface area contributed by atoms with Crippen molar-refractivity contribution in [1.82, 2.24) is 10.3 Å². The van der Waals surface area contributed by atoms with Gasteiger partial charge < -0.3 is 15.4 Å². The van der Waals surface area contributed by atoms with Crippen molar-refractivity contribution in [3.8, 4) is 0 Å². The predicted octanol–water partition coefficient (Wildman–Crippen LogP) is 3.25. The maximum atomic E-state index is 13.1. The number of aromatic amines is 1. The number of hydrogen-bond acceptors (Lipinski definition) is 3. The molecule has 0 spiro atoms. The molecule has 7 heteroatoms. The fourth-order valence-corrected chi connectivity index (χ4v) is 3.43. The van der Waals surface area contributed by atoms with E-state index in [0.29, 0.717) is 16.5 Å². The Hall–Kier alpha value is -4.00. The normalized spacial score (nSPS) is 12.0. The molecular weight excluding hydrogens is 387 g/mol. The molecule has 0 saturated heterocycles. The Labute approximate surface area is 170 Å². The summed E-state index contributed by atoms with van der Waals surface area (Å²) >= 11 is 0. The zero-order chi connectivity index (χ0) is 21.3. The number of aliphatic carboxylic acids is 1. The van der Waals surface area contributed by atoms with Gasteiger partial charge >= 0.3 is 5.97 Å². The molecule has 150 valence electrons. The lowest BCUT2D eigenvalue weighted by atomic mass is 10.0. The van der Waals surface area contributed by atoms with Gasteiger partial charge in [0, 0.05) is 28.3 Å². The van der Waals surface area contributed by atoms with Gasteiger partial charge in [-0.15, -0.1) is 0 Å². The lowest BCUT2D eigenvalue weighted by Crippen LogP contribution is -2.42. The molecule has 0 unspecified atom stereocenters. The van der Waals surface area contributed by atoms with Crippen LogP contribution in [0.2, 0.25) is 0 Å². The number of benzene rings is 3. The molecule has 1 heterocycles. The summed E-state index contributed by atoms with van der Waals surface area (Å²) in [6, 6.07) is 16.2. The molecule has 3 N–H and O–H groups in total. The van der Waals surface area contributed by atoms with E-state index in [-0.39, 0.29) is 17.5 Å². The van der Waals surface area contributed by atoms with Crippen LogP contribution in [0.25, 0.3) is 21.7 Å².